The van der Waals surface area contributed by atoms with Gasteiger partial charge in [0, 0.05) is 141 Å². The van der Waals surface area contributed by atoms with Gasteiger partial charge in [-0.1, -0.05) is 119 Å². The molecular formula is C101H149N21O27. The van der Waals surface area contributed by atoms with Crippen LogP contribution in [0.25, 0.3) is 10.8 Å². The Hall–Kier alpha value is -14.2. The second kappa shape index (κ2) is 66.2. The molecule has 11 atom stereocenters. The number of hydrogen-bond donors (Lipinski definition) is 24. The fraction of sp³-hybridized carbons (Fsp3) is 0.574. The van der Waals surface area contributed by atoms with E-state index in [1.807, 2.05) is 64.1 Å². The van der Waals surface area contributed by atoms with Gasteiger partial charge in [-0.05, 0) is 149 Å². The van der Waals surface area contributed by atoms with Gasteiger partial charge in [-0.2, -0.15) is 0 Å². The third-order valence-corrected chi connectivity index (χ3v) is 25.1. The maximum Gasteiger partial charge on any atom is 0.317 e. The molecule has 4 aromatic rings. The lowest BCUT2D eigenvalue weighted by Crippen LogP contribution is -2.58. The van der Waals surface area contributed by atoms with Crippen molar-refractivity contribution < 1.29 is 132 Å². The van der Waals surface area contributed by atoms with Crippen LogP contribution in [0, 0.1) is 17.2 Å². The van der Waals surface area contributed by atoms with E-state index in [1.54, 1.807) is 36.4 Å². The Balaban J connectivity index is 1.27. The number of rotatable bonds is 56. The summed E-state index contributed by atoms with van der Waals surface area (Å²) in [5, 5.41) is 116. The van der Waals surface area contributed by atoms with Crippen molar-refractivity contribution in [2.75, 3.05) is 111 Å². The average Bonchev–Trinajstić information content (AvgIpc) is 1.00. The molecule has 48 nitrogen and oxygen atoms in total. The summed E-state index contributed by atoms with van der Waals surface area (Å²) in [4.78, 5) is 283. The summed E-state index contributed by atoms with van der Waals surface area (Å²) < 4.78 is 0. The topological polar surface area (TPSA) is 740 Å². The minimum atomic E-state index is -1.86. The van der Waals surface area contributed by atoms with E-state index in [1.165, 1.54) is 43.9 Å². The molecule has 2 aliphatic rings. The van der Waals surface area contributed by atoms with Crippen LogP contribution < -0.4 is 85.9 Å². The summed E-state index contributed by atoms with van der Waals surface area (Å²) in [7, 11) is 0. The van der Waals surface area contributed by atoms with Crippen molar-refractivity contribution in [3.8, 4) is 5.75 Å². The van der Waals surface area contributed by atoms with Crippen molar-refractivity contribution in [1.29, 1.82) is 5.41 Å². The van der Waals surface area contributed by atoms with Crippen LogP contribution >= 0.6 is 0 Å². The Morgan fingerprint density at radius 2 is 0.879 bits per heavy atom. The number of amides is 12. The number of unbranched alkanes of at least 4 members (excludes halogenated alkanes) is 3. The number of phenols is 1. The molecule has 0 aromatic heterocycles. The average molecular weight is 2090 g/mol. The Labute approximate surface area is 864 Å². The number of guanidine groups is 1. The summed E-state index contributed by atoms with van der Waals surface area (Å²) in [6.45, 7) is 5.76. The van der Waals surface area contributed by atoms with Gasteiger partial charge < -0.3 is 122 Å². The Morgan fingerprint density at radius 3 is 1.41 bits per heavy atom. The number of ketones is 2. The molecule has 0 saturated carbocycles. The van der Waals surface area contributed by atoms with Gasteiger partial charge in [0.25, 0.3) is 0 Å². The second-order valence-electron chi connectivity index (χ2n) is 38.1. The summed E-state index contributed by atoms with van der Waals surface area (Å²) in [5.41, 5.74) is 13.2. The largest absolute Gasteiger partial charge is 0.508 e. The summed E-state index contributed by atoms with van der Waals surface area (Å²) in [5.74, 6) is -24.0. The van der Waals surface area contributed by atoms with Gasteiger partial charge >= 0.3 is 35.8 Å². The van der Waals surface area contributed by atoms with Gasteiger partial charge in [0.15, 0.2) is 17.5 Å². The third kappa shape index (κ3) is 49.9. The minimum absolute atomic E-state index is 0.0147. The van der Waals surface area contributed by atoms with Crippen LogP contribution in [-0.4, -0.2) is 357 Å². The zero-order valence-electron chi connectivity index (χ0n) is 85.0. The normalized spacial score (nSPS) is 18.8. The van der Waals surface area contributed by atoms with Crippen molar-refractivity contribution >= 4 is 135 Å². The molecule has 4 aromatic carbocycles. The Morgan fingerprint density at radius 1 is 0.423 bits per heavy atom. The van der Waals surface area contributed by atoms with E-state index >= 15 is 28.8 Å². The van der Waals surface area contributed by atoms with E-state index in [4.69, 9.17) is 16.9 Å². The molecule has 1 unspecified atom stereocenters. The number of aliphatic carboxylic acids is 6. The number of carbonyl (C=O) groups is 20. The molecule has 149 heavy (non-hydrogen) atoms. The number of carbonyl (C=O) groups excluding carboxylic acids is 14. The van der Waals surface area contributed by atoms with Gasteiger partial charge in [0.2, 0.25) is 70.9 Å². The predicted octanol–water partition coefficient (Wildman–Crippen LogP) is -1.56. The van der Waals surface area contributed by atoms with Crippen molar-refractivity contribution in [1.82, 2.24) is 94.0 Å². The lowest BCUT2D eigenvalue weighted by Gasteiger charge is -2.33. The molecule has 2 heterocycles. The van der Waals surface area contributed by atoms with E-state index in [0.29, 0.717) is 49.0 Å². The molecule has 2 saturated heterocycles. The highest BCUT2D eigenvalue weighted by Gasteiger charge is 2.39. The first-order valence-electron chi connectivity index (χ1n) is 50.5. The molecule has 820 valence electrons. The molecule has 6 rings (SSSR count). The number of benzene rings is 4. The first-order chi connectivity index (χ1) is 70.8. The van der Waals surface area contributed by atoms with Crippen molar-refractivity contribution in [3.63, 3.8) is 0 Å². The number of nitrogens with one attached hydrogen (secondary N) is 15. The SMILES string of the molecule is CC(C)NCCCC[C@H](NC(=O)[C@H]1CCC(=O)N[C@@H](Cc2ccccc2)C(=O)N[C@@H](Cc2ccc(O)cc2)C(=O)N[C@@H](CCCCNC(C)C)C(=O)N[C@H](CCCNC(=N)N)C(=O)CC(Cc2ccc3ccccc3c2)C(=O)NCC(=O)N1)C(=O)C[C@@H](CCCCNC(=O)[C@H](CCC(=O)O)NC(=O)[C@H](CCC(=O)O)NC(=O)[C@H](CCC(=O)O)NC(=O)CN1CCN(CC(=O)O)CCN(CC(=O)O)CCN(CC(=O)O)CC1)C(N)=O. The first kappa shape index (κ1) is 123. The van der Waals surface area contributed by atoms with Crippen LogP contribution in [0.2, 0.25) is 0 Å². The van der Waals surface area contributed by atoms with Crippen LogP contribution in [0.4, 0.5) is 0 Å². The number of aromatic hydroxyl groups is 1. The monoisotopic (exact) mass is 2090 g/mol. The predicted molar refractivity (Wildman–Crippen MR) is 544 cm³/mol. The standard InChI is InChI=1S/C101H149N21O27/c1-62(2)105-39-14-11-22-72(81(124)55-69(92(102)141)21-10-13-41-107-94(143)75(32-36-86(129)130)116-98(147)78(34-38-88(133)134)117-97(146)77(33-37-87(131)132)111-85(128)58-119-43-45-120(59-89(135)136)47-49-122(61-91(139)140)50-48-121(46-44-119)60-90(137)138)113-96(145)76-31-35-83(126)112-79(53-64-17-6-5-7-18-64)99(148)118-80(54-65-26-29-71(123)30-27-65)100(149)115-74(23-12-15-40-106-63(3)4)95(144)114-73(24-16-42-108-101(103)104)82(125)56-70(93(142)109-57-84(127)110-76)52-66-25-28-67-19-8-9-20-68(67)51-66/h5-9,17-20,25-30,51,62-63,69-70,72-80,105-106,123H,10-16,21-24,31-50,52-61H2,1-4H3,(H2,102,141)(H,107,143)(H,109,142)(H,110,127)(H,111,128)(H,112,126)(H,113,145)(H,114,144)(H,115,149)(H,116,147)(H,117,146)(H,118,148)(H,129,130)(H,131,132)(H,133,134)(H,135,136)(H,137,138)(H,139,140)(H4,103,104,108)/t69-,70?,72+,73-,74+,75+,76-,77+,78+,79+,80+/m1/s1. The molecule has 0 bridgehead atoms. The van der Waals surface area contributed by atoms with E-state index < -0.39 is 281 Å². The molecular weight excluding hydrogens is 1940 g/mol. The van der Waals surface area contributed by atoms with Gasteiger partial charge in [0.05, 0.1) is 44.8 Å². The van der Waals surface area contributed by atoms with Gasteiger partial charge in [-0.25, -0.2) is 0 Å². The molecule has 26 N–H and O–H groups in total. The second-order valence-corrected chi connectivity index (χ2v) is 38.1. The quantitative estimate of drug-likeness (QED) is 0.0135. The van der Waals surface area contributed by atoms with Crippen LogP contribution in [0.3, 0.4) is 0 Å². The highest BCUT2D eigenvalue weighted by Crippen LogP contribution is 2.24. The molecule has 0 radical (unpaired) electrons. The van der Waals surface area contributed by atoms with Crippen LogP contribution in [-0.2, 0) is 115 Å². The van der Waals surface area contributed by atoms with Crippen molar-refractivity contribution in [2.45, 2.75) is 248 Å². The number of carboxylic acid groups (broad SMARTS) is 6. The number of hydrogen-bond acceptors (Lipinski definition) is 28. The number of Topliss-reactive ketones (excluding diaryl/α,β-unsaturated/α-hetero) is 2. The maximum atomic E-state index is 15.3. The zero-order chi connectivity index (χ0) is 110. The molecule has 0 spiro atoms. The van der Waals surface area contributed by atoms with Crippen molar-refractivity contribution in [2.24, 2.45) is 23.3 Å². The van der Waals surface area contributed by atoms with E-state index in [-0.39, 0.29) is 160 Å². The third-order valence-electron chi connectivity index (χ3n) is 25.1. The smallest absolute Gasteiger partial charge is 0.317 e. The van der Waals surface area contributed by atoms with Gasteiger partial charge in [-0.3, -0.25) is 121 Å². The number of primary amides is 1. The summed E-state index contributed by atoms with van der Waals surface area (Å²) in [6, 6.07) is 12.9. The number of nitrogens with two attached hydrogens (primary N) is 2. The number of fused-ring (bicyclic) bond motifs is 1. The van der Waals surface area contributed by atoms with Gasteiger partial charge in [0.1, 0.15) is 48.0 Å². The first-order valence-corrected chi connectivity index (χ1v) is 50.5. The van der Waals surface area contributed by atoms with Crippen LogP contribution in [0.1, 0.15) is 179 Å². The number of carboxylic acids is 6. The lowest BCUT2D eigenvalue weighted by molar-refractivity contribution is -0.140. The van der Waals surface area contributed by atoms with Crippen LogP contribution in [0.15, 0.2) is 97.1 Å². The number of nitrogens with zero attached hydrogens (tertiary/aromatic N) is 4. The zero-order valence-corrected chi connectivity index (χ0v) is 85.0. The molecule has 2 fully saturated rings. The lowest BCUT2D eigenvalue weighted by atomic mass is 9.89. The van der Waals surface area contributed by atoms with E-state index in [0.717, 1.165) is 10.8 Å². The highest BCUT2D eigenvalue weighted by molar-refractivity contribution is 6.00. The molecule has 48 heteroatoms. The van der Waals surface area contributed by atoms with Gasteiger partial charge in [-0.15, -0.1) is 0 Å². The van der Waals surface area contributed by atoms with E-state index in [2.05, 4.69) is 74.4 Å². The number of phenolic OH excluding ortho intramolecular Hbond substituents is 1. The van der Waals surface area contributed by atoms with Crippen molar-refractivity contribution in [3.05, 3.63) is 114 Å². The fourth-order valence-corrected chi connectivity index (χ4v) is 17.0. The Bertz CT molecular complexity index is 5120. The van der Waals surface area contributed by atoms with Crippen LogP contribution in [0.5, 0.6) is 5.75 Å². The molecule has 12 amide bonds. The minimum Gasteiger partial charge on any atom is -0.508 e. The fourth-order valence-electron chi connectivity index (χ4n) is 17.0. The molecule has 0 aliphatic carbocycles. The summed E-state index contributed by atoms with van der Waals surface area (Å²) >= 11 is 0. The maximum absolute atomic E-state index is 15.3. The Kier molecular flexibility index (Phi) is 54.8. The van der Waals surface area contributed by atoms with E-state index in [9.17, 15) is 103 Å². The summed E-state index contributed by atoms with van der Waals surface area (Å²) in [6.07, 6.45) is -5.63. The highest BCUT2D eigenvalue weighted by atomic mass is 16.4. The molecule has 2 aliphatic heterocycles.